The number of benzene rings is 2. The van der Waals surface area contributed by atoms with E-state index in [4.69, 9.17) is 32.7 Å². The summed E-state index contributed by atoms with van der Waals surface area (Å²) in [6, 6.07) is 9.59. The molecule has 0 radical (unpaired) electrons. The largest absolute Gasteiger partial charge is 0.355 e. The van der Waals surface area contributed by atoms with Crippen molar-refractivity contribution in [3.05, 3.63) is 69.2 Å². The van der Waals surface area contributed by atoms with Crippen LogP contribution in [0.1, 0.15) is 57.6 Å². The molecule has 0 aromatic heterocycles. The molecule has 5 atom stereocenters. The Morgan fingerprint density at radius 2 is 1.95 bits per heavy atom. The van der Waals surface area contributed by atoms with Gasteiger partial charge in [-0.3, -0.25) is 9.69 Å². The number of amides is 1. The van der Waals surface area contributed by atoms with Crippen molar-refractivity contribution >= 4 is 29.1 Å². The third-order valence-electron chi connectivity index (χ3n) is 8.43. The Morgan fingerprint density at radius 1 is 1.20 bits per heavy atom. The van der Waals surface area contributed by atoms with Crippen LogP contribution in [0.25, 0.3) is 0 Å². The van der Waals surface area contributed by atoms with Gasteiger partial charge < -0.3 is 14.8 Å². The summed E-state index contributed by atoms with van der Waals surface area (Å²) in [5.41, 5.74) is -1.68. The van der Waals surface area contributed by atoms with Crippen LogP contribution in [0.5, 0.6) is 0 Å². The van der Waals surface area contributed by atoms with Crippen molar-refractivity contribution in [1.82, 2.24) is 10.2 Å². The summed E-state index contributed by atoms with van der Waals surface area (Å²) < 4.78 is 43.0. The van der Waals surface area contributed by atoms with E-state index >= 15 is 8.78 Å². The second kappa shape index (κ2) is 10.5. The number of hydrogen-bond acceptors (Lipinski definition) is 5. The number of nitriles is 1. The van der Waals surface area contributed by atoms with Crippen LogP contribution in [0, 0.1) is 28.4 Å². The normalized spacial score (nSPS) is 30.7. The maximum absolute atomic E-state index is 15.8. The van der Waals surface area contributed by atoms with Crippen LogP contribution in [0.4, 0.5) is 8.78 Å². The van der Waals surface area contributed by atoms with E-state index in [0.29, 0.717) is 32.5 Å². The van der Waals surface area contributed by atoms with Gasteiger partial charge in [-0.1, -0.05) is 55.2 Å². The molecule has 10 heteroatoms. The van der Waals surface area contributed by atoms with Crippen LogP contribution in [-0.4, -0.2) is 54.5 Å². The molecule has 4 unspecified atom stereocenters. The molecule has 3 fully saturated rings. The molecule has 5 rings (SSSR count). The summed E-state index contributed by atoms with van der Waals surface area (Å²) in [5, 5.41) is 14.0. The molecule has 3 aliphatic rings. The lowest BCUT2D eigenvalue weighted by Gasteiger charge is -2.36. The number of halogens is 4. The summed E-state index contributed by atoms with van der Waals surface area (Å²) in [6.45, 7) is 8.95. The first kappa shape index (κ1) is 29.2. The summed E-state index contributed by atoms with van der Waals surface area (Å²) in [4.78, 5) is 16.0. The van der Waals surface area contributed by atoms with Gasteiger partial charge in [0, 0.05) is 35.6 Å². The Bertz CT molecular complexity index is 1360. The highest BCUT2D eigenvalue weighted by Gasteiger charge is 2.67. The molecule has 3 saturated heterocycles. The number of nitrogens with zero attached hydrogens (tertiary/aromatic N) is 2. The molecule has 1 N–H and O–H groups in total. The number of carbonyl (C=O) groups excluding carboxylic acids is 1. The zero-order valence-corrected chi connectivity index (χ0v) is 24.5. The number of carbonyl (C=O) groups is 1. The van der Waals surface area contributed by atoms with E-state index in [0.717, 1.165) is 6.07 Å². The van der Waals surface area contributed by atoms with Crippen LogP contribution < -0.4 is 5.32 Å². The molecule has 0 saturated carbocycles. The molecule has 6 nitrogen and oxygen atoms in total. The van der Waals surface area contributed by atoms with Gasteiger partial charge in [0.2, 0.25) is 5.91 Å². The molecule has 3 heterocycles. The number of nitrogens with one attached hydrogen (secondary N) is 1. The topological polar surface area (TPSA) is 74.6 Å². The van der Waals surface area contributed by atoms with Gasteiger partial charge in [-0.25, -0.2) is 8.78 Å². The fraction of sp³-hybridized carbons (Fsp3) is 0.533. The van der Waals surface area contributed by atoms with E-state index in [2.05, 4.69) is 25.2 Å². The second-order valence-corrected chi connectivity index (χ2v) is 13.1. The lowest BCUT2D eigenvalue weighted by atomic mass is 9.63. The van der Waals surface area contributed by atoms with Gasteiger partial charge in [-0.2, -0.15) is 5.26 Å². The number of ether oxygens (including phenoxy) is 2. The van der Waals surface area contributed by atoms with E-state index in [1.165, 1.54) is 24.3 Å². The molecule has 0 aliphatic carbocycles. The van der Waals surface area contributed by atoms with Crippen LogP contribution >= 0.6 is 23.2 Å². The maximum atomic E-state index is 15.8. The van der Waals surface area contributed by atoms with Crippen molar-refractivity contribution in [2.45, 2.75) is 75.8 Å². The smallest absolute Gasteiger partial charge is 0.238 e. The quantitative estimate of drug-likeness (QED) is 0.449. The van der Waals surface area contributed by atoms with E-state index in [-0.39, 0.29) is 38.6 Å². The van der Waals surface area contributed by atoms with Crippen LogP contribution in [0.15, 0.2) is 36.4 Å². The van der Waals surface area contributed by atoms with Crippen LogP contribution in [0.3, 0.4) is 0 Å². The molecule has 214 valence electrons. The van der Waals surface area contributed by atoms with Crippen molar-refractivity contribution in [2.24, 2.45) is 5.41 Å². The Labute approximate surface area is 243 Å². The first-order chi connectivity index (χ1) is 18.8. The molecule has 0 spiro atoms. The molecule has 2 aromatic carbocycles. The van der Waals surface area contributed by atoms with Gasteiger partial charge in [-0.05, 0) is 55.9 Å². The minimum Gasteiger partial charge on any atom is -0.355 e. The zero-order chi connectivity index (χ0) is 29.0. The first-order valence-electron chi connectivity index (χ1n) is 13.5. The fourth-order valence-corrected chi connectivity index (χ4v) is 7.23. The predicted octanol–water partition coefficient (Wildman–Crippen LogP) is 5.96. The highest BCUT2D eigenvalue weighted by atomic mass is 35.5. The van der Waals surface area contributed by atoms with Crippen molar-refractivity contribution in [1.29, 1.82) is 5.26 Å². The van der Waals surface area contributed by atoms with Gasteiger partial charge in [0.15, 0.2) is 5.79 Å². The Morgan fingerprint density at radius 3 is 2.60 bits per heavy atom. The average molecular weight is 593 g/mol. The van der Waals surface area contributed by atoms with Crippen molar-refractivity contribution in [3.63, 3.8) is 0 Å². The summed E-state index contributed by atoms with van der Waals surface area (Å²) in [6.07, 6.45) is 0.843. The second-order valence-electron chi connectivity index (χ2n) is 12.3. The average Bonchev–Trinajstić information content (AvgIpc) is 3.47. The third kappa shape index (κ3) is 5.01. The SMILES string of the molecule is CC1(C)CC2N(C1)C(C(=O)NCC[C@H]1COC(C)(C)O1)C(c1cccc(Cl)c1F)C2(C#N)c1ccc(Cl)cc1F. The van der Waals surface area contributed by atoms with Crippen LogP contribution in [-0.2, 0) is 19.7 Å². The molecule has 0 bridgehead atoms. The van der Waals surface area contributed by atoms with Gasteiger partial charge >= 0.3 is 0 Å². The minimum absolute atomic E-state index is 0.0884. The molecule has 3 aliphatic heterocycles. The van der Waals surface area contributed by atoms with E-state index < -0.39 is 40.8 Å². The molecule has 40 heavy (non-hydrogen) atoms. The Kier molecular flexibility index (Phi) is 7.69. The standard InChI is InChI=1S/C30H33Cl2F2N3O3/c1-28(2)13-23-30(15-35,20-9-8-17(31)12-22(20)33)24(19-6-5-7-21(32)25(19)34)26(37(23)16-28)27(38)36-11-10-18-14-39-29(3,4)40-18/h5-9,12,18,23-24,26H,10-11,13-14,16H2,1-4H3,(H,36,38)/t18-,23?,24?,26?,30?/m0/s1. The summed E-state index contributed by atoms with van der Waals surface area (Å²) >= 11 is 12.3. The fourth-order valence-electron chi connectivity index (χ4n) is 6.89. The van der Waals surface area contributed by atoms with Gasteiger partial charge in [0.05, 0.1) is 29.8 Å². The minimum atomic E-state index is -1.59. The monoisotopic (exact) mass is 591 g/mol. The van der Waals surface area contributed by atoms with Crippen molar-refractivity contribution in [3.8, 4) is 6.07 Å². The highest BCUT2D eigenvalue weighted by molar-refractivity contribution is 6.31. The number of fused-ring (bicyclic) bond motifs is 1. The van der Waals surface area contributed by atoms with E-state index in [1.807, 2.05) is 18.7 Å². The van der Waals surface area contributed by atoms with Crippen molar-refractivity contribution < 1.29 is 23.0 Å². The molecular weight excluding hydrogens is 559 g/mol. The molecular formula is C30H33Cl2F2N3O3. The lowest BCUT2D eigenvalue weighted by Crippen LogP contribution is -2.47. The highest BCUT2D eigenvalue weighted by Crippen LogP contribution is 2.59. The maximum Gasteiger partial charge on any atom is 0.238 e. The number of hydrogen-bond donors (Lipinski definition) is 1. The van der Waals surface area contributed by atoms with Crippen molar-refractivity contribution in [2.75, 3.05) is 19.7 Å². The van der Waals surface area contributed by atoms with Crippen LogP contribution in [0.2, 0.25) is 10.0 Å². The predicted molar refractivity (Wildman–Crippen MR) is 148 cm³/mol. The van der Waals surface area contributed by atoms with E-state index in [9.17, 15) is 10.1 Å². The Hall–Kier alpha value is -2.28. The van der Waals surface area contributed by atoms with E-state index in [1.54, 1.807) is 6.07 Å². The summed E-state index contributed by atoms with van der Waals surface area (Å²) in [7, 11) is 0. The van der Waals surface area contributed by atoms with Gasteiger partial charge in [0.1, 0.15) is 17.0 Å². The Balaban J connectivity index is 1.60. The van der Waals surface area contributed by atoms with Gasteiger partial charge in [0.25, 0.3) is 0 Å². The lowest BCUT2D eigenvalue weighted by molar-refractivity contribution is -0.139. The first-order valence-corrected chi connectivity index (χ1v) is 14.2. The van der Waals surface area contributed by atoms with Gasteiger partial charge in [-0.15, -0.1) is 0 Å². The zero-order valence-electron chi connectivity index (χ0n) is 22.9. The third-order valence-corrected chi connectivity index (χ3v) is 8.95. The summed E-state index contributed by atoms with van der Waals surface area (Å²) in [5.74, 6) is -3.48. The molecule has 2 aromatic rings. The molecule has 1 amide bonds. The number of rotatable bonds is 6.